The maximum absolute atomic E-state index is 13.7. The van der Waals surface area contributed by atoms with Crippen molar-refractivity contribution >= 4 is 17.4 Å². The van der Waals surface area contributed by atoms with Gasteiger partial charge in [-0.1, -0.05) is 42.5 Å². The van der Waals surface area contributed by atoms with Gasteiger partial charge in [0.15, 0.2) is 0 Å². The monoisotopic (exact) mass is 457 g/mol. The second kappa shape index (κ2) is 8.78. The zero-order chi connectivity index (χ0) is 23.8. The average molecular weight is 458 g/mol. The first-order valence-corrected chi connectivity index (χ1v) is 11.3. The van der Waals surface area contributed by atoms with Crippen molar-refractivity contribution in [2.24, 2.45) is 0 Å². The van der Waals surface area contributed by atoms with Crippen LogP contribution in [0.4, 0.5) is 4.39 Å². The lowest BCUT2D eigenvalue weighted by atomic mass is 9.94. The molecule has 5 nitrogen and oxygen atoms in total. The molecule has 2 heterocycles. The summed E-state index contributed by atoms with van der Waals surface area (Å²) >= 11 is 0. The predicted octanol–water partition coefficient (Wildman–Crippen LogP) is 4.81. The van der Waals surface area contributed by atoms with Gasteiger partial charge in [-0.3, -0.25) is 9.59 Å². The third kappa shape index (κ3) is 3.96. The van der Waals surface area contributed by atoms with E-state index in [0.717, 1.165) is 16.9 Å². The molecule has 2 aliphatic rings. The van der Waals surface area contributed by atoms with Gasteiger partial charge in [-0.25, -0.2) is 4.39 Å². The number of amides is 1. The Bertz CT molecular complexity index is 1280. The number of likely N-dealkylation sites (tertiary alicyclic amines) is 1. The number of carbonyl (C=O) groups excluding carboxylic acids is 2. The van der Waals surface area contributed by atoms with Gasteiger partial charge in [0, 0.05) is 18.5 Å². The zero-order valence-electron chi connectivity index (χ0n) is 18.7. The number of Topliss-reactive ketones (excluding diaryl/α,β-unsaturated/α-hetero) is 1. The number of halogens is 1. The summed E-state index contributed by atoms with van der Waals surface area (Å²) in [4.78, 5) is 27.7. The number of aliphatic hydroxyl groups is 1. The molecule has 0 saturated carbocycles. The topological polar surface area (TPSA) is 66.8 Å². The van der Waals surface area contributed by atoms with E-state index in [9.17, 15) is 19.1 Å². The maximum Gasteiger partial charge on any atom is 0.295 e. The van der Waals surface area contributed by atoms with Gasteiger partial charge in [0.05, 0.1) is 11.6 Å². The van der Waals surface area contributed by atoms with Gasteiger partial charge in [0.1, 0.15) is 23.4 Å². The van der Waals surface area contributed by atoms with Crippen molar-refractivity contribution in [3.63, 3.8) is 0 Å². The van der Waals surface area contributed by atoms with E-state index < -0.39 is 23.5 Å². The quantitative estimate of drug-likeness (QED) is 0.339. The van der Waals surface area contributed by atoms with Crippen LogP contribution in [0.2, 0.25) is 0 Å². The van der Waals surface area contributed by atoms with Crippen LogP contribution in [0.3, 0.4) is 0 Å². The van der Waals surface area contributed by atoms with Crippen LogP contribution in [0.15, 0.2) is 78.4 Å². The van der Waals surface area contributed by atoms with Crippen LogP contribution in [0, 0.1) is 5.82 Å². The number of fused-ring (bicyclic) bond motifs is 1. The molecule has 0 aromatic heterocycles. The van der Waals surface area contributed by atoms with Crippen molar-refractivity contribution < 1.29 is 23.8 Å². The van der Waals surface area contributed by atoms with Gasteiger partial charge in [0.2, 0.25) is 0 Å². The molecule has 0 aliphatic carbocycles. The summed E-state index contributed by atoms with van der Waals surface area (Å²) in [6.07, 6.45) is 1.28. The van der Waals surface area contributed by atoms with Crippen LogP contribution in [-0.4, -0.2) is 34.3 Å². The summed E-state index contributed by atoms with van der Waals surface area (Å²) in [6.45, 7) is 2.25. The van der Waals surface area contributed by atoms with Gasteiger partial charge in [-0.05, 0) is 60.4 Å². The SMILES string of the molecule is C[C@@H]1Cc2cc(/C(O)=C3\C(=O)C(=O)N(CCc4ccccc4)[C@@H]3c3ccc(F)cc3)ccc2O1. The van der Waals surface area contributed by atoms with Crippen molar-refractivity contribution in [2.75, 3.05) is 6.54 Å². The van der Waals surface area contributed by atoms with E-state index >= 15 is 0 Å². The normalized spacial score (nSPS) is 20.9. The zero-order valence-corrected chi connectivity index (χ0v) is 18.7. The van der Waals surface area contributed by atoms with Gasteiger partial charge in [-0.2, -0.15) is 0 Å². The van der Waals surface area contributed by atoms with Crippen LogP contribution in [-0.2, 0) is 22.4 Å². The van der Waals surface area contributed by atoms with Crippen LogP contribution < -0.4 is 4.74 Å². The summed E-state index contributed by atoms with van der Waals surface area (Å²) < 4.78 is 19.4. The number of aliphatic hydroxyl groups excluding tert-OH is 1. The van der Waals surface area contributed by atoms with Gasteiger partial charge in [0.25, 0.3) is 11.7 Å². The Kier molecular flexibility index (Phi) is 5.65. The van der Waals surface area contributed by atoms with Gasteiger partial charge >= 0.3 is 0 Å². The summed E-state index contributed by atoms with van der Waals surface area (Å²) in [6, 6.07) is 19.8. The average Bonchev–Trinajstić information content (AvgIpc) is 3.34. The first-order chi connectivity index (χ1) is 16.4. The first-order valence-electron chi connectivity index (χ1n) is 11.3. The Labute approximate surface area is 197 Å². The third-order valence-electron chi connectivity index (χ3n) is 6.38. The molecule has 1 saturated heterocycles. The molecule has 0 spiro atoms. The van der Waals surface area contributed by atoms with Crippen LogP contribution in [0.25, 0.3) is 5.76 Å². The number of rotatable bonds is 5. The Hall–Kier alpha value is -3.93. The van der Waals surface area contributed by atoms with Crippen molar-refractivity contribution in [2.45, 2.75) is 31.9 Å². The number of nitrogens with zero attached hydrogens (tertiary/aromatic N) is 1. The standard InChI is InChI=1S/C28H24FNO4/c1-17-15-21-16-20(9-12-23(21)34-17)26(31)24-25(19-7-10-22(29)11-8-19)30(28(33)27(24)32)14-13-18-5-3-2-4-6-18/h2-12,16-17,25,31H,13-15H2,1H3/b26-24+/t17-,25-/m1/s1. The fraction of sp³-hybridized carbons (Fsp3) is 0.214. The highest BCUT2D eigenvalue weighted by molar-refractivity contribution is 6.46. The summed E-state index contributed by atoms with van der Waals surface area (Å²) in [5.74, 6) is -1.33. The highest BCUT2D eigenvalue weighted by Gasteiger charge is 2.45. The molecule has 1 N–H and O–H groups in total. The van der Waals surface area contributed by atoms with Crippen molar-refractivity contribution in [3.8, 4) is 5.75 Å². The molecule has 5 rings (SSSR count). The van der Waals surface area contributed by atoms with E-state index in [-0.39, 0.29) is 24.0 Å². The largest absolute Gasteiger partial charge is 0.507 e. The summed E-state index contributed by atoms with van der Waals surface area (Å²) in [5, 5.41) is 11.3. The molecule has 1 fully saturated rings. The molecule has 0 unspecified atom stereocenters. The molecule has 0 radical (unpaired) electrons. The Morgan fingerprint density at radius 2 is 1.79 bits per heavy atom. The minimum absolute atomic E-state index is 0.0107. The lowest BCUT2D eigenvalue weighted by Gasteiger charge is -2.25. The van der Waals surface area contributed by atoms with Crippen molar-refractivity contribution in [1.29, 1.82) is 0 Å². The number of ether oxygens (including phenoxy) is 1. The van der Waals surface area contributed by atoms with E-state index in [4.69, 9.17) is 4.74 Å². The Morgan fingerprint density at radius 3 is 2.53 bits per heavy atom. The van der Waals surface area contributed by atoms with Crippen molar-refractivity contribution in [1.82, 2.24) is 4.90 Å². The number of carbonyl (C=O) groups is 2. The molecule has 1 amide bonds. The van der Waals surface area contributed by atoms with Crippen LogP contribution >= 0.6 is 0 Å². The first kappa shape index (κ1) is 21.9. The molecule has 6 heteroatoms. The van der Waals surface area contributed by atoms with Crippen molar-refractivity contribution in [3.05, 3.63) is 106 Å². The second-order valence-electron chi connectivity index (χ2n) is 8.73. The van der Waals surface area contributed by atoms with Gasteiger partial charge < -0.3 is 14.7 Å². The maximum atomic E-state index is 13.7. The van der Waals surface area contributed by atoms with E-state index in [1.54, 1.807) is 30.3 Å². The Balaban J connectivity index is 1.57. The highest BCUT2D eigenvalue weighted by atomic mass is 19.1. The Morgan fingerprint density at radius 1 is 1.06 bits per heavy atom. The molecule has 3 aromatic carbocycles. The molecule has 172 valence electrons. The van der Waals surface area contributed by atoms with Crippen LogP contribution in [0.1, 0.15) is 35.2 Å². The molecule has 0 bridgehead atoms. The smallest absolute Gasteiger partial charge is 0.295 e. The summed E-state index contributed by atoms with van der Waals surface area (Å²) in [5.41, 5.74) is 2.98. The minimum atomic E-state index is -0.812. The molecular formula is C28H24FNO4. The highest BCUT2D eigenvalue weighted by Crippen LogP contribution is 2.40. The third-order valence-corrected chi connectivity index (χ3v) is 6.38. The number of hydrogen-bond acceptors (Lipinski definition) is 4. The van der Waals surface area contributed by atoms with Crippen LogP contribution in [0.5, 0.6) is 5.75 Å². The predicted molar refractivity (Wildman–Crippen MR) is 126 cm³/mol. The number of benzene rings is 3. The molecule has 2 atom stereocenters. The van der Waals surface area contributed by atoms with E-state index in [1.165, 1.54) is 17.0 Å². The van der Waals surface area contributed by atoms with E-state index in [0.29, 0.717) is 24.0 Å². The lowest BCUT2D eigenvalue weighted by Crippen LogP contribution is -2.31. The number of hydrogen-bond donors (Lipinski definition) is 1. The molecular weight excluding hydrogens is 433 g/mol. The fourth-order valence-electron chi connectivity index (χ4n) is 4.72. The molecule has 34 heavy (non-hydrogen) atoms. The van der Waals surface area contributed by atoms with Gasteiger partial charge in [-0.15, -0.1) is 0 Å². The molecule has 3 aromatic rings. The minimum Gasteiger partial charge on any atom is -0.507 e. The van der Waals surface area contributed by atoms with E-state index in [2.05, 4.69) is 0 Å². The fourth-order valence-corrected chi connectivity index (χ4v) is 4.72. The summed E-state index contributed by atoms with van der Waals surface area (Å²) in [7, 11) is 0. The number of ketones is 1. The lowest BCUT2D eigenvalue weighted by molar-refractivity contribution is -0.139. The van der Waals surface area contributed by atoms with E-state index in [1.807, 2.05) is 37.3 Å². The molecule has 2 aliphatic heterocycles. The second-order valence-corrected chi connectivity index (χ2v) is 8.73.